The fourth-order valence-electron chi connectivity index (χ4n) is 3.67. The molecule has 1 atom stereocenters. The van der Waals surface area contributed by atoms with E-state index in [9.17, 15) is 9.59 Å². The number of rotatable bonds is 7. The van der Waals surface area contributed by atoms with Crippen molar-refractivity contribution in [3.8, 4) is 11.5 Å². The molecule has 0 saturated carbocycles. The van der Waals surface area contributed by atoms with Gasteiger partial charge < -0.3 is 13.9 Å². The first kappa shape index (κ1) is 20.2. The number of carboxylic acid groups (broad SMARTS) is 1. The molecule has 2 heterocycles. The highest BCUT2D eigenvalue weighted by Crippen LogP contribution is 2.31. The molecule has 0 aliphatic carbocycles. The van der Waals surface area contributed by atoms with Gasteiger partial charge in [0.1, 0.15) is 16.7 Å². The SMILES string of the molecule is CCCC(CCC(=O)O)c1ccc2cc(-c3nc4cc(Cl)ccc4o3)c(=O)oc2c1. The van der Waals surface area contributed by atoms with Crippen molar-refractivity contribution < 1.29 is 18.7 Å². The Labute approximate surface area is 177 Å². The van der Waals surface area contributed by atoms with Crippen molar-refractivity contribution >= 4 is 39.6 Å². The number of halogens is 1. The van der Waals surface area contributed by atoms with Crippen LogP contribution in [0.5, 0.6) is 0 Å². The van der Waals surface area contributed by atoms with Crippen LogP contribution in [0.4, 0.5) is 0 Å². The van der Waals surface area contributed by atoms with E-state index in [1.807, 2.05) is 18.2 Å². The summed E-state index contributed by atoms with van der Waals surface area (Å²) in [7, 11) is 0. The Morgan fingerprint density at radius 3 is 2.70 bits per heavy atom. The smallest absolute Gasteiger partial charge is 0.349 e. The molecule has 0 saturated heterocycles. The highest BCUT2D eigenvalue weighted by molar-refractivity contribution is 6.31. The number of benzene rings is 2. The van der Waals surface area contributed by atoms with Gasteiger partial charge in [-0.2, -0.15) is 0 Å². The number of nitrogens with zero attached hydrogens (tertiary/aromatic N) is 1. The van der Waals surface area contributed by atoms with Gasteiger partial charge in [-0.15, -0.1) is 0 Å². The summed E-state index contributed by atoms with van der Waals surface area (Å²) in [6.07, 6.45) is 2.45. The highest BCUT2D eigenvalue weighted by atomic mass is 35.5. The van der Waals surface area contributed by atoms with Gasteiger partial charge >= 0.3 is 11.6 Å². The Morgan fingerprint density at radius 2 is 1.93 bits per heavy atom. The topological polar surface area (TPSA) is 93.5 Å². The van der Waals surface area contributed by atoms with E-state index < -0.39 is 11.6 Å². The molecule has 0 aliphatic rings. The predicted molar refractivity (Wildman–Crippen MR) is 115 cm³/mol. The molecule has 0 amide bonds. The Morgan fingerprint density at radius 1 is 1.10 bits per heavy atom. The summed E-state index contributed by atoms with van der Waals surface area (Å²) in [6.45, 7) is 2.06. The van der Waals surface area contributed by atoms with Gasteiger partial charge in [-0.1, -0.05) is 37.1 Å². The van der Waals surface area contributed by atoms with E-state index in [1.54, 1.807) is 24.3 Å². The second-order valence-electron chi connectivity index (χ2n) is 7.29. The minimum atomic E-state index is -0.812. The van der Waals surface area contributed by atoms with Crippen molar-refractivity contribution in [1.82, 2.24) is 4.98 Å². The third-order valence-electron chi connectivity index (χ3n) is 5.16. The lowest BCUT2D eigenvalue weighted by molar-refractivity contribution is -0.137. The summed E-state index contributed by atoms with van der Waals surface area (Å²) in [5, 5.41) is 10.3. The van der Waals surface area contributed by atoms with E-state index in [0.29, 0.717) is 28.1 Å². The Hall–Kier alpha value is -3.12. The largest absolute Gasteiger partial charge is 0.481 e. The number of hydrogen-bond donors (Lipinski definition) is 1. The molecule has 0 radical (unpaired) electrons. The molecule has 154 valence electrons. The lowest BCUT2D eigenvalue weighted by Gasteiger charge is -2.16. The van der Waals surface area contributed by atoms with E-state index in [1.165, 1.54) is 0 Å². The molecule has 4 aromatic rings. The quantitative estimate of drug-likeness (QED) is 0.365. The average Bonchev–Trinajstić information content (AvgIpc) is 3.12. The average molecular weight is 426 g/mol. The van der Waals surface area contributed by atoms with Crippen molar-refractivity contribution in [3.63, 3.8) is 0 Å². The summed E-state index contributed by atoms with van der Waals surface area (Å²) >= 11 is 5.99. The van der Waals surface area contributed by atoms with Crippen LogP contribution in [0.1, 0.15) is 44.1 Å². The van der Waals surface area contributed by atoms with Crippen LogP contribution in [0, 0.1) is 0 Å². The molecule has 0 spiro atoms. The number of aromatic nitrogens is 1. The zero-order valence-electron chi connectivity index (χ0n) is 16.4. The van der Waals surface area contributed by atoms with E-state index in [2.05, 4.69) is 11.9 Å². The second kappa shape index (κ2) is 8.32. The lowest BCUT2D eigenvalue weighted by Crippen LogP contribution is -2.05. The van der Waals surface area contributed by atoms with Crippen LogP contribution in [-0.2, 0) is 4.79 Å². The molecule has 0 bridgehead atoms. The number of oxazole rings is 1. The van der Waals surface area contributed by atoms with Crippen LogP contribution in [0.2, 0.25) is 5.02 Å². The maximum absolute atomic E-state index is 12.6. The summed E-state index contributed by atoms with van der Waals surface area (Å²) in [5.74, 6) is -0.535. The standard InChI is InChI=1S/C23H20ClNO5/c1-2-3-13(6-9-21(26)27)14-4-5-15-10-17(23(28)30-20(15)11-14)22-25-18-12-16(24)7-8-19(18)29-22/h4-5,7-8,10-13H,2-3,6,9H2,1H3,(H,26,27). The molecule has 1 unspecified atom stereocenters. The molecule has 30 heavy (non-hydrogen) atoms. The maximum Gasteiger partial charge on any atom is 0.349 e. The number of aliphatic carboxylic acids is 1. The van der Waals surface area contributed by atoms with Gasteiger partial charge in [0.2, 0.25) is 5.89 Å². The third-order valence-corrected chi connectivity index (χ3v) is 5.39. The van der Waals surface area contributed by atoms with E-state index in [0.717, 1.165) is 23.8 Å². The van der Waals surface area contributed by atoms with Gasteiger partial charge in [-0.05, 0) is 54.7 Å². The van der Waals surface area contributed by atoms with Crippen LogP contribution in [0.3, 0.4) is 0 Å². The van der Waals surface area contributed by atoms with Crippen LogP contribution < -0.4 is 5.63 Å². The van der Waals surface area contributed by atoms with Crippen LogP contribution in [0.15, 0.2) is 56.1 Å². The number of hydrogen-bond acceptors (Lipinski definition) is 5. The van der Waals surface area contributed by atoms with E-state index >= 15 is 0 Å². The Balaban J connectivity index is 1.72. The number of fused-ring (bicyclic) bond motifs is 2. The molecule has 2 aromatic carbocycles. The highest BCUT2D eigenvalue weighted by Gasteiger charge is 2.17. The van der Waals surface area contributed by atoms with Crippen molar-refractivity contribution in [2.24, 2.45) is 0 Å². The Kier molecular flexibility index (Phi) is 5.59. The van der Waals surface area contributed by atoms with Gasteiger partial charge in [0, 0.05) is 16.8 Å². The fourth-order valence-corrected chi connectivity index (χ4v) is 3.84. The fraction of sp³-hybridized carbons (Fsp3) is 0.261. The first-order chi connectivity index (χ1) is 14.4. The minimum Gasteiger partial charge on any atom is -0.481 e. The van der Waals surface area contributed by atoms with Crippen molar-refractivity contribution in [2.75, 3.05) is 0 Å². The molecule has 4 rings (SSSR count). The van der Waals surface area contributed by atoms with Gasteiger partial charge in [-0.25, -0.2) is 9.78 Å². The van der Waals surface area contributed by atoms with Gasteiger partial charge in [-0.3, -0.25) is 4.79 Å². The molecule has 0 aliphatic heterocycles. The summed E-state index contributed by atoms with van der Waals surface area (Å²) in [5.41, 5.74) is 2.21. The number of carbonyl (C=O) groups is 1. The summed E-state index contributed by atoms with van der Waals surface area (Å²) in [4.78, 5) is 28.0. The van der Waals surface area contributed by atoms with Crippen LogP contribution >= 0.6 is 11.6 Å². The third kappa shape index (κ3) is 4.09. The molecule has 6 nitrogen and oxygen atoms in total. The predicted octanol–water partition coefficient (Wildman–Crippen LogP) is 6.00. The normalized spacial score (nSPS) is 12.5. The van der Waals surface area contributed by atoms with Crippen LogP contribution in [-0.4, -0.2) is 16.1 Å². The summed E-state index contributed by atoms with van der Waals surface area (Å²) in [6, 6.07) is 12.4. The molecule has 7 heteroatoms. The lowest BCUT2D eigenvalue weighted by atomic mass is 9.89. The monoisotopic (exact) mass is 425 g/mol. The zero-order valence-corrected chi connectivity index (χ0v) is 17.1. The zero-order chi connectivity index (χ0) is 21.3. The van der Waals surface area contributed by atoms with E-state index in [4.69, 9.17) is 25.5 Å². The second-order valence-corrected chi connectivity index (χ2v) is 7.73. The summed E-state index contributed by atoms with van der Waals surface area (Å²) < 4.78 is 11.3. The number of carboxylic acids is 1. The maximum atomic E-state index is 12.6. The van der Waals surface area contributed by atoms with Gasteiger partial charge in [0.05, 0.1) is 0 Å². The van der Waals surface area contributed by atoms with Crippen molar-refractivity contribution in [2.45, 2.75) is 38.5 Å². The van der Waals surface area contributed by atoms with Gasteiger partial charge in [0.15, 0.2) is 5.58 Å². The molecule has 1 N–H and O–H groups in total. The van der Waals surface area contributed by atoms with Crippen molar-refractivity contribution in [3.05, 3.63) is 63.5 Å². The minimum absolute atomic E-state index is 0.0993. The molecule has 0 fully saturated rings. The Bertz CT molecular complexity index is 1290. The van der Waals surface area contributed by atoms with Crippen molar-refractivity contribution in [1.29, 1.82) is 0 Å². The first-order valence-electron chi connectivity index (χ1n) is 9.80. The van der Waals surface area contributed by atoms with E-state index in [-0.39, 0.29) is 23.8 Å². The molecular weight excluding hydrogens is 406 g/mol. The molecule has 2 aromatic heterocycles. The van der Waals surface area contributed by atoms with Crippen LogP contribution in [0.25, 0.3) is 33.5 Å². The molecular formula is C23H20ClNO5. The van der Waals surface area contributed by atoms with Gasteiger partial charge in [0.25, 0.3) is 0 Å². The first-order valence-corrected chi connectivity index (χ1v) is 10.2.